The lowest BCUT2D eigenvalue weighted by Crippen LogP contribution is -2.47. The molecule has 0 aromatic carbocycles. The van der Waals surface area contributed by atoms with Crippen LogP contribution in [-0.4, -0.2) is 30.2 Å². The van der Waals surface area contributed by atoms with E-state index in [1.807, 2.05) is 13.8 Å². The molecule has 1 saturated carbocycles. The third-order valence-corrected chi connectivity index (χ3v) is 4.50. The van der Waals surface area contributed by atoms with Gasteiger partial charge in [-0.25, -0.2) is 0 Å². The fourth-order valence-electron chi connectivity index (χ4n) is 2.78. The second kappa shape index (κ2) is 8.77. The van der Waals surface area contributed by atoms with E-state index in [2.05, 4.69) is 5.32 Å². The van der Waals surface area contributed by atoms with Crippen LogP contribution in [0.1, 0.15) is 52.4 Å². The highest BCUT2D eigenvalue weighted by molar-refractivity contribution is 5.85. The Morgan fingerprint density at radius 3 is 2.47 bits per heavy atom. The number of hydrogen-bond acceptors (Lipinski definition) is 3. The lowest BCUT2D eigenvalue weighted by atomic mass is 9.82. The van der Waals surface area contributed by atoms with Crippen molar-refractivity contribution < 1.29 is 9.90 Å². The van der Waals surface area contributed by atoms with Gasteiger partial charge in [-0.05, 0) is 30.6 Å². The van der Waals surface area contributed by atoms with Crippen molar-refractivity contribution in [3.8, 4) is 0 Å². The first-order chi connectivity index (χ1) is 8.54. The van der Waals surface area contributed by atoms with Crippen molar-refractivity contribution in [2.45, 2.75) is 58.4 Å². The number of nitrogens with one attached hydrogen (secondary N) is 1. The zero-order valence-corrected chi connectivity index (χ0v) is 13.0. The Hall–Kier alpha value is -0.320. The van der Waals surface area contributed by atoms with Gasteiger partial charge in [0.2, 0.25) is 5.91 Å². The quantitative estimate of drug-likeness (QED) is 0.670. The summed E-state index contributed by atoms with van der Waals surface area (Å²) >= 11 is 0. The Kier molecular flexibility index (Phi) is 8.62. The second-order valence-electron chi connectivity index (χ2n) is 5.81. The summed E-state index contributed by atoms with van der Waals surface area (Å²) in [6, 6.07) is -0.414. The van der Waals surface area contributed by atoms with Crippen molar-refractivity contribution in [3.05, 3.63) is 0 Å². The number of nitrogens with two attached hydrogens (primary N) is 1. The first-order valence-corrected chi connectivity index (χ1v) is 7.19. The van der Waals surface area contributed by atoms with Crippen molar-refractivity contribution in [1.82, 2.24) is 5.32 Å². The molecule has 0 radical (unpaired) electrons. The minimum atomic E-state index is -0.414. The molecule has 2 unspecified atom stereocenters. The van der Waals surface area contributed by atoms with Crippen LogP contribution in [-0.2, 0) is 4.79 Å². The maximum atomic E-state index is 11.9. The largest absolute Gasteiger partial charge is 0.396 e. The van der Waals surface area contributed by atoms with Crippen LogP contribution < -0.4 is 11.1 Å². The van der Waals surface area contributed by atoms with Crippen LogP contribution in [0.25, 0.3) is 0 Å². The summed E-state index contributed by atoms with van der Waals surface area (Å²) in [5.41, 5.74) is 6.02. The van der Waals surface area contributed by atoms with Gasteiger partial charge in [0.1, 0.15) is 0 Å². The van der Waals surface area contributed by atoms with E-state index in [1.54, 1.807) is 0 Å². The molecule has 1 amide bonds. The first kappa shape index (κ1) is 18.7. The monoisotopic (exact) mass is 292 g/mol. The van der Waals surface area contributed by atoms with Crippen molar-refractivity contribution >= 4 is 18.3 Å². The summed E-state index contributed by atoms with van der Waals surface area (Å²) in [7, 11) is 0. The molecule has 1 aliphatic rings. The third kappa shape index (κ3) is 5.28. The van der Waals surface area contributed by atoms with Crippen molar-refractivity contribution in [2.24, 2.45) is 17.1 Å². The maximum Gasteiger partial charge on any atom is 0.237 e. The second-order valence-corrected chi connectivity index (χ2v) is 5.81. The van der Waals surface area contributed by atoms with Gasteiger partial charge in [-0.1, -0.05) is 33.1 Å². The van der Waals surface area contributed by atoms with E-state index in [0.717, 1.165) is 25.7 Å². The molecule has 4 N–H and O–H groups in total. The van der Waals surface area contributed by atoms with Crippen LogP contribution in [0.3, 0.4) is 0 Å². The average Bonchev–Trinajstić information content (AvgIpc) is 2.83. The van der Waals surface area contributed by atoms with Crippen LogP contribution >= 0.6 is 12.4 Å². The van der Waals surface area contributed by atoms with Crippen molar-refractivity contribution in [1.29, 1.82) is 0 Å². The Bertz CT molecular complexity index is 268. The van der Waals surface area contributed by atoms with Gasteiger partial charge in [-0.2, -0.15) is 0 Å². The zero-order valence-electron chi connectivity index (χ0n) is 12.2. The van der Waals surface area contributed by atoms with E-state index in [1.165, 1.54) is 12.8 Å². The molecule has 0 aromatic heterocycles. The molecule has 5 heteroatoms. The normalized spacial score (nSPS) is 20.4. The minimum Gasteiger partial charge on any atom is -0.396 e. The first-order valence-electron chi connectivity index (χ1n) is 7.19. The Morgan fingerprint density at radius 2 is 2.00 bits per heavy atom. The molecule has 1 rings (SSSR count). The number of hydrogen-bond donors (Lipinski definition) is 3. The third-order valence-electron chi connectivity index (χ3n) is 4.50. The fraction of sp³-hybridized carbons (Fsp3) is 0.929. The van der Waals surface area contributed by atoms with Crippen LogP contribution in [0.15, 0.2) is 0 Å². The predicted molar refractivity (Wildman–Crippen MR) is 80.3 cm³/mol. The highest BCUT2D eigenvalue weighted by atomic mass is 35.5. The number of amides is 1. The number of rotatable bonds is 7. The molecule has 2 atom stereocenters. The Labute approximate surface area is 122 Å². The van der Waals surface area contributed by atoms with E-state index in [0.29, 0.717) is 6.54 Å². The van der Waals surface area contributed by atoms with Gasteiger partial charge in [0.05, 0.1) is 6.04 Å². The molecule has 4 nitrogen and oxygen atoms in total. The van der Waals surface area contributed by atoms with Gasteiger partial charge < -0.3 is 16.2 Å². The molecule has 0 saturated heterocycles. The van der Waals surface area contributed by atoms with E-state index in [-0.39, 0.29) is 36.3 Å². The summed E-state index contributed by atoms with van der Waals surface area (Å²) in [4.78, 5) is 11.9. The standard InChI is InChI=1S/C14H28N2O2.ClH/c1-3-11(2)12(15)13(18)16-10-14(8-9-17)6-4-5-7-14;/h11-12,17H,3-10,15H2,1-2H3,(H,16,18);1H. The molecular formula is C14H29ClN2O2. The maximum absolute atomic E-state index is 11.9. The molecule has 1 aliphatic carbocycles. The number of carbonyl (C=O) groups is 1. The number of aliphatic hydroxyl groups is 1. The lowest BCUT2D eigenvalue weighted by Gasteiger charge is -2.29. The molecular weight excluding hydrogens is 264 g/mol. The van der Waals surface area contributed by atoms with Gasteiger partial charge in [-0.15, -0.1) is 12.4 Å². The SMILES string of the molecule is CCC(C)C(N)C(=O)NCC1(CCO)CCCC1.Cl. The molecule has 0 spiro atoms. The summed E-state index contributed by atoms with van der Waals surface area (Å²) < 4.78 is 0. The predicted octanol–water partition coefficient (Wildman–Crippen LogP) is 1.84. The molecule has 0 bridgehead atoms. The molecule has 0 heterocycles. The summed E-state index contributed by atoms with van der Waals surface area (Å²) in [5, 5.41) is 12.1. The van der Waals surface area contributed by atoms with Crippen LogP contribution in [0.2, 0.25) is 0 Å². The van der Waals surface area contributed by atoms with E-state index in [9.17, 15) is 4.79 Å². The Morgan fingerprint density at radius 1 is 1.42 bits per heavy atom. The van der Waals surface area contributed by atoms with Gasteiger partial charge in [0, 0.05) is 13.2 Å². The van der Waals surface area contributed by atoms with Gasteiger partial charge >= 0.3 is 0 Å². The Balaban J connectivity index is 0.00000324. The van der Waals surface area contributed by atoms with Gasteiger partial charge in [0.25, 0.3) is 0 Å². The highest BCUT2D eigenvalue weighted by Crippen LogP contribution is 2.40. The average molecular weight is 293 g/mol. The minimum absolute atomic E-state index is 0. The topological polar surface area (TPSA) is 75.4 Å². The van der Waals surface area contributed by atoms with Crippen LogP contribution in [0.4, 0.5) is 0 Å². The van der Waals surface area contributed by atoms with Crippen molar-refractivity contribution in [2.75, 3.05) is 13.2 Å². The summed E-state index contributed by atoms with van der Waals surface area (Å²) in [6.45, 7) is 4.91. The lowest BCUT2D eigenvalue weighted by molar-refractivity contribution is -0.124. The molecule has 0 aliphatic heterocycles. The fourth-order valence-corrected chi connectivity index (χ4v) is 2.78. The smallest absolute Gasteiger partial charge is 0.237 e. The van der Waals surface area contributed by atoms with Crippen LogP contribution in [0.5, 0.6) is 0 Å². The number of halogens is 1. The van der Waals surface area contributed by atoms with E-state index in [4.69, 9.17) is 10.8 Å². The molecule has 114 valence electrons. The highest BCUT2D eigenvalue weighted by Gasteiger charge is 2.34. The number of carbonyl (C=O) groups excluding carboxylic acids is 1. The van der Waals surface area contributed by atoms with Gasteiger partial charge in [0.15, 0.2) is 0 Å². The van der Waals surface area contributed by atoms with Crippen LogP contribution in [0, 0.1) is 11.3 Å². The summed E-state index contributed by atoms with van der Waals surface area (Å²) in [5.74, 6) is 0.163. The van der Waals surface area contributed by atoms with Gasteiger partial charge in [-0.3, -0.25) is 4.79 Å². The molecule has 0 aromatic rings. The summed E-state index contributed by atoms with van der Waals surface area (Å²) in [6.07, 6.45) is 6.31. The molecule has 19 heavy (non-hydrogen) atoms. The van der Waals surface area contributed by atoms with E-state index >= 15 is 0 Å². The zero-order chi connectivity index (χ0) is 13.6. The molecule has 1 fully saturated rings. The van der Waals surface area contributed by atoms with E-state index < -0.39 is 6.04 Å². The number of aliphatic hydroxyl groups excluding tert-OH is 1. The van der Waals surface area contributed by atoms with Crippen molar-refractivity contribution in [3.63, 3.8) is 0 Å².